The minimum absolute atomic E-state index is 0.170. The van der Waals surface area contributed by atoms with E-state index in [2.05, 4.69) is 12.2 Å². The van der Waals surface area contributed by atoms with Crippen molar-refractivity contribution in [1.82, 2.24) is 5.32 Å². The van der Waals surface area contributed by atoms with Gasteiger partial charge < -0.3 is 14.8 Å². The number of hydrogen-bond acceptors (Lipinski definition) is 3. The van der Waals surface area contributed by atoms with Crippen LogP contribution in [-0.4, -0.2) is 26.4 Å². The molecule has 0 fully saturated rings. The second kappa shape index (κ2) is 8.06. The molecule has 0 aliphatic rings. The highest BCUT2D eigenvalue weighted by molar-refractivity contribution is 5.35. The summed E-state index contributed by atoms with van der Waals surface area (Å²) < 4.78 is 24.4. The molecule has 1 aromatic rings. The van der Waals surface area contributed by atoms with Gasteiger partial charge in [-0.1, -0.05) is 19.1 Å². The summed E-state index contributed by atoms with van der Waals surface area (Å²) in [6, 6.07) is 4.99. The van der Waals surface area contributed by atoms with Crippen molar-refractivity contribution in [2.24, 2.45) is 0 Å². The molecule has 3 nitrogen and oxygen atoms in total. The van der Waals surface area contributed by atoms with E-state index in [1.54, 1.807) is 13.2 Å². The molecule has 1 atom stereocenters. The van der Waals surface area contributed by atoms with Gasteiger partial charge in [-0.25, -0.2) is 4.39 Å². The average Bonchev–Trinajstić information content (AvgIpc) is 2.34. The molecule has 0 heterocycles. The van der Waals surface area contributed by atoms with Crippen molar-refractivity contribution >= 4 is 0 Å². The predicted octanol–water partition coefficient (Wildman–Crippen LogP) is 2.74. The van der Waals surface area contributed by atoms with Crippen LogP contribution >= 0.6 is 0 Å². The highest BCUT2D eigenvalue weighted by Gasteiger charge is 2.12. The number of hydrogen-bond donors (Lipinski definition) is 1. The van der Waals surface area contributed by atoms with Gasteiger partial charge >= 0.3 is 0 Å². The standard InChI is InChI=1S/C14H22FNO2/c1-4-8-16-9-12-6-5-7-13(15)14(12)18-11(2)10-17-3/h5-7,11,16H,4,8-10H2,1-3H3. The van der Waals surface area contributed by atoms with E-state index >= 15 is 0 Å². The van der Waals surface area contributed by atoms with Gasteiger partial charge in [-0.15, -0.1) is 0 Å². The lowest BCUT2D eigenvalue weighted by Crippen LogP contribution is -2.21. The third kappa shape index (κ3) is 4.63. The van der Waals surface area contributed by atoms with Crippen LogP contribution in [0.1, 0.15) is 25.8 Å². The minimum Gasteiger partial charge on any atom is -0.485 e. The molecule has 0 bridgehead atoms. The zero-order chi connectivity index (χ0) is 13.4. The molecule has 0 radical (unpaired) electrons. The molecule has 0 aliphatic heterocycles. The number of ether oxygens (including phenoxy) is 2. The van der Waals surface area contributed by atoms with E-state index in [-0.39, 0.29) is 11.9 Å². The maximum Gasteiger partial charge on any atom is 0.165 e. The Labute approximate surface area is 108 Å². The Morgan fingerprint density at radius 2 is 2.17 bits per heavy atom. The number of benzene rings is 1. The van der Waals surface area contributed by atoms with Crippen molar-refractivity contribution in [3.05, 3.63) is 29.6 Å². The first kappa shape index (κ1) is 14.9. The van der Waals surface area contributed by atoms with Crippen LogP contribution in [-0.2, 0) is 11.3 Å². The molecule has 1 rings (SSSR count). The van der Waals surface area contributed by atoms with E-state index in [0.29, 0.717) is 18.9 Å². The first-order chi connectivity index (χ1) is 8.69. The van der Waals surface area contributed by atoms with E-state index in [9.17, 15) is 4.39 Å². The van der Waals surface area contributed by atoms with Crippen LogP contribution in [0, 0.1) is 5.82 Å². The number of nitrogens with one attached hydrogen (secondary N) is 1. The van der Waals surface area contributed by atoms with Crippen LogP contribution in [0.2, 0.25) is 0 Å². The lowest BCUT2D eigenvalue weighted by molar-refractivity contribution is 0.0884. The van der Waals surface area contributed by atoms with E-state index in [4.69, 9.17) is 9.47 Å². The first-order valence-corrected chi connectivity index (χ1v) is 6.32. The largest absolute Gasteiger partial charge is 0.485 e. The van der Waals surface area contributed by atoms with E-state index in [1.165, 1.54) is 6.07 Å². The van der Waals surface area contributed by atoms with Gasteiger partial charge in [-0.05, 0) is 26.0 Å². The third-order valence-corrected chi connectivity index (χ3v) is 2.51. The fraction of sp³-hybridized carbons (Fsp3) is 0.571. The fourth-order valence-electron chi connectivity index (χ4n) is 1.69. The number of para-hydroxylation sites is 1. The van der Waals surface area contributed by atoms with Gasteiger partial charge in [0.15, 0.2) is 11.6 Å². The van der Waals surface area contributed by atoms with Crippen molar-refractivity contribution < 1.29 is 13.9 Å². The Bertz CT molecular complexity index is 358. The van der Waals surface area contributed by atoms with Gasteiger partial charge in [0, 0.05) is 19.2 Å². The molecule has 0 aliphatic carbocycles. The van der Waals surface area contributed by atoms with Crippen LogP contribution in [0.3, 0.4) is 0 Å². The zero-order valence-electron chi connectivity index (χ0n) is 11.3. The summed E-state index contributed by atoms with van der Waals surface area (Å²) in [5, 5.41) is 3.25. The molecule has 0 saturated heterocycles. The van der Waals surface area contributed by atoms with Crippen LogP contribution in [0.4, 0.5) is 4.39 Å². The molecule has 1 N–H and O–H groups in total. The summed E-state index contributed by atoms with van der Waals surface area (Å²) in [5.74, 6) is -0.000551. The number of methoxy groups -OCH3 is 1. The summed E-state index contributed by atoms with van der Waals surface area (Å²) >= 11 is 0. The number of rotatable bonds is 8. The quantitative estimate of drug-likeness (QED) is 0.725. The third-order valence-electron chi connectivity index (χ3n) is 2.51. The fourth-order valence-corrected chi connectivity index (χ4v) is 1.69. The minimum atomic E-state index is -0.325. The predicted molar refractivity (Wildman–Crippen MR) is 70.4 cm³/mol. The average molecular weight is 255 g/mol. The van der Waals surface area contributed by atoms with Crippen molar-refractivity contribution in [1.29, 1.82) is 0 Å². The van der Waals surface area contributed by atoms with Crippen LogP contribution in [0.5, 0.6) is 5.75 Å². The second-order valence-electron chi connectivity index (χ2n) is 4.29. The molecule has 0 saturated carbocycles. The van der Waals surface area contributed by atoms with Crippen molar-refractivity contribution in [3.8, 4) is 5.75 Å². The molecule has 0 aromatic heterocycles. The SMILES string of the molecule is CCCNCc1cccc(F)c1OC(C)COC. The second-order valence-corrected chi connectivity index (χ2v) is 4.29. The monoisotopic (exact) mass is 255 g/mol. The van der Waals surface area contributed by atoms with Crippen molar-refractivity contribution in [3.63, 3.8) is 0 Å². The summed E-state index contributed by atoms with van der Waals surface area (Å²) in [5.41, 5.74) is 0.839. The Morgan fingerprint density at radius 3 is 2.83 bits per heavy atom. The Kier molecular flexibility index (Phi) is 6.68. The van der Waals surface area contributed by atoms with Gasteiger partial charge in [0.25, 0.3) is 0 Å². The summed E-state index contributed by atoms with van der Waals surface area (Å²) in [7, 11) is 1.60. The molecule has 102 valence electrons. The molecule has 1 aromatic carbocycles. The van der Waals surface area contributed by atoms with Crippen molar-refractivity contribution in [2.45, 2.75) is 32.9 Å². The van der Waals surface area contributed by atoms with Gasteiger partial charge in [-0.2, -0.15) is 0 Å². The molecule has 4 heteroatoms. The Morgan fingerprint density at radius 1 is 1.39 bits per heavy atom. The highest BCUT2D eigenvalue weighted by atomic mass is 19.1. The zero-order valence-corrected chi connectivity index (χ0v) is 11.3. The molecule has 0 amide bonds. The molecule has 0 spiro atoms. The lowest BCUT2D eigenvalue weighted by Gasteiger charge is -2.17. The Balaban J connectivity index is 2.73. The summed E-state index contributed by atoms with van der Waals surface area (Å²) in [6.07, 6.45) is 0.878. The van der Waals surface area contributed by atoms with E-state index < -0.39 is 0 Å². The van der Waals surface area contributed by atoms with Crippen molar-refractivity contribution in [2.75, 3.05) is 20.3 Å². The lowest BCUT2D eigenvalue weighted by atomic mass is 10.2. The van der Waals surface area contributed by atoms with E-state index in [0.717, 1.165) is 18.5 Å². The van der Waals surface area contributed by atoms with Gasteiger partial charge in [0.05, 0.1) is 6.61 Å². The van der Waals surface area contributed by atoms with Gasteiger partial charge in [0.2, 0.25) is 0 Å². The maximum atomic E-state index is 13.8. The van der Waals surface area contributed by atoms with Crippen LogP contribution < -0.4 is 10.1 Å². The van der Waals surface area contributed by atoms with Gasteiger partial charge in [0.1, 0.15) is 6.10 Å². The molecule has 18 heavy (non-hydrogen) atoms. The molecular formula is C14H22FNO2. The van der Waals surface area contributed by atoms with Crippen LogP contribution in [0.15, 0.2) is 18.2 Å². The maximum absolute atomic E-state index is 13.8. The smallest absolute Gasteiger partial charge is 0.165 e. The number of halogens is 1. The summed E-state index contributed by atoms with van der Waals surface area (Å²) in [6.45, 7) is 5.91. The normalized spacial score (nSPS) is 12.4. The van der Waals surface area contributed by atoms with E-state index in [1.807, 2.05) is 13.0 Å². The summed E-state index contributed by atoms with van der Waals surface area (Å²) in [4.78, 5) is 0. The molecule has 1 unspecified atom stereocenters. The molecular weight excluding hydrogens is 233 g/mol. The van der Waals surface area contributed by atoms with Gasteiger partial charge in [-0.3, -0.25) is 0 Å². The highest BCUT2D eigenvalue weighted by Crippen LogP contribution is 2.23. The first-order valence-electron chi connectivity index (χ1n) is 6.32. The Hall–Kier alpha value is -1.13. The topological polar surface area (TPSA) is 30.5 Å². The van der Waals surface area contributed by atoms with Crippen LogP contribution in [0.25, 0.3) is 0 Å².